The molecule has 2 aromatic rings. The smallest absolute Gasteiger partial charge is 0.0741 e. The van der Waals surface area contributed by atoms with Crippen molar-refractivity contribution in [3.63, 3.8) is 0 Å². The standard InChI is InChI=1S/C14H21N5/c1-4-19-10-12(9-16-19)14(17-15)11-6-5-7-13(8-11)18(2)3/h5-10,14,17H,4,15H2,1-3H3. The van der Waals surface area contributed by atoms with Crippen LogP contribution in [0.5, 0.6) is 0 Å². The van der Waals surface area contributed by atoms with E-state index in [2.05, 4.69) is 40.5 Å². The third kappa shape index (κ3) is 2.94. The minimum atomic E-state index is -0.0415. The Bertz CT molecular complexity index is 532. The maximum absolute atomic E-state index is 5.71. The van der Waals surface area contributed by atoms with E-state index in [1.54, 1.807) is 0 Å². The number of nitrogens with two attached hydrogens (primary N) is 1. The molecule has 2 rings (SSSR count). The number of anilines is 1. The molecule has 5 heteroatoms. The maximum Gasteiger partial charge on any atom is 0.0741 e. The second-order valence-corrected chi connectivity index (χ2v) is 4.72. The Morgan fingerprint density at radius 2 is 2.16 bits per heavy atom. The lowest BCUT2D eigenvalue weighted by molar-refractivity contribution is 0.630. The van der Waals surface area contributed by atoms with Gasteiger partial charge in [0.1, 0.15) is 0 Å². The maximum atomic E-state index is 5.71. The molecule has 0 aliphatic carbocycles. The van der Waals surface area contributed by atoms with Crippen molar-refractivity contribution in [2.24, 2.45) is 5.84 Å². The monoisotopic (exact) mass is 259 g/mol. The van der Waals surface area contributed by atoms with Crippen LogP contribution >= 0.6 is 0 Å². The molecular formula is C14H21N5. The number of hydrogen-bond acceptors (Lipinski definition) is 4. The van der Waals surface area contributed by atoms with Crippen molar-refractivity contribution >= 4 is 5.69 Å². The number of hydrazine groups is 1. The zero-order chi connectivity index (χ0) is 13.8. The molecule has 102 valence electrons. The van der Waals surface area contributed by atoms with Crippen LogP contribution in [0.2, 0.25) is 0 Å². The first kappa shape index (κ1) is 13.6. The van der Waals surface area contributed by atoms with Gasteiger partial charge in [-0.15, -0.1) is 0 Å². The Labute approximate surface area is 114 Å². The van der Waals surface area contributed by atoms with Crippen LogP contribution in [0.4, 0.5) is 5.69 Å². The van der Waals surface area contributed by atoms with E-state index in [1.165, 1.54) is 0 Å². The summed E-state index contributed by atoms with van der Waals surface area (Å²) in [5.41, 5.74) is 6.22. The third-order valence-electron chi connectivity index (χ3n) is 3.20. The van der Waals surface area contributed by atoms with E-state index in [-0.39, 0.29) is 6.04 Å². The van der Waals surface area contributed by atoms with Gasteiger partial charge in [0, 0.05) is 38.1 Å². The zero-order valence-electron chi connectivity index (χ0n) is 11.7. The normalized spacial score (nSPS) is 12.4. The predicted molar refractivity (Wildman–Crippen MR) is 77.8 cm³/mol. The topological polar surface area (TPSA) is 59.1 Å². The molecule has 0 saturated carbocycles. The highest BCUT2D eigenvalue weighted by Crippen LogP contribution is 2.24. The van der Waals surface area contributed by atoms with Gasteiger partial charge < -0.3 is 4.90 Å². The summed E-state index contributed by atoms with van der Waals surface area (Å²) in [6, 6.07) is 8.28. The highest BCUT2D eigenvalue weighted by molar-refractivity contribution is 5.49. The van der Waals surface area contributed by atoms with Crippen molar-refractivity contribution < 1.29 is 0 Å². The molecule has 0 radical (unpaired) electrons. The number of aryl methyl sites for hydroxylation is 1. The van der Waals surface area contributed by atoms with Crippen LogP contribution < -0.4 is 16.2 Å². The highest BCUT2D eigenvalue weighted by atomic mass is 15.3. The average molecular weight is 259 g/mol. The molecule has 0 aliphatic rings. The predicted octanol–water partition coefficient (Wildman–Crippen LogP) is 1.52. The van der Waals surface area contributed by atoms with Gasteiger partial charge in [0.05, 0.1) is 12.2 Å². The van der Waals surface area contributed by atoms with Gasteiger partial charge >= 0.3 is 0 Å². The van der Waals surface area contributed by atoms with Crippen LogP contribution in [-0.2, 0) is 6.54 Å². The first-order chi connectivity index (χ1) is 9.15. The molecule has 0 aliphatic heterocycles. The fraction of sp³-hybridized carbons (Fsp3) is 0.357. The molecule has 5 nitrogen and oxygen atoms in total. The highest BCUT2D eigenvalue weighted by Gasteiger charge is 2.15. The Hall–Kier alpha value is -1.85. The van der Waals surface area contributed by atoms with Crippen molar-refractivity contribution in [2.75, 3.05) is 19.0 Å². The summed E-state index contributed by atoms with van der Waals surface area (Å²) in [6.45, 7) is 2.92. The third-order valence-corrected chi connectivity index (χ3v) is 3.20. The second-order valence-electron chi connectivity index (χ2n) is 4.72. The van der Waals surface area contributed by atoms with E-state index in [4.69, 9.17) is 5.84 Å². The SMILES string of the molecule is CCn1cc(C(NN)c2cccc(N(C)C)c2)cn1. The lowest BCUT2D eigenvalue weighted by Gasteiger charge is -2.18. The summed E-state index contributed by atoms with van der Waals surface area (Å²) >= 11 is 0. The van der Waals surface area contributed by atoms with Gasteiger partial charge in [-0.05, 0) is 24.6 Å². The number of benzene rings is 1. The van der Waals surface area contributed by atoms with Crippen molar-refractivity contribution in [2.45, 2.75) is 19.5 Å². The molecule has 0 amide bonds. The largest absolute Gasteiger partial charge is 0.378 e. The van der Waals surface area contributed by atoms with Gasteiger partial charge in [0.15, 0.2) is 0 Å². The first-order valence-electron chi connectivity index (χ1n) is 6.41. The van der Waals surface area contributed by atoms with Crippen LogP contribution in [0, 0.1) is 0 Å². The van der Waals surface area contributed by atoms with E-state index in [9.17, 15) is 0 Å². The number of nitrogens with zero attached hydrogens (tertiary/aromatic N) is 3. The average Bonchev–Trinajstić information content (AvgIpc) is 2.89. The Kier molecular flexibility index (Phi) is 4.19. The van der Waals surface area contributed by atoms with Gasteiger partial charge in [-0.3, -0.25) is 10.5 Å². The molecule has 0 spiro atoms. The van der Waals surface area contributed by atoms with Gasteiger partial charge in [-0.2, -0.15) is 5.10 Å². The van der Waals surface area contributed by atoms with E-state index in [1.807, 2.05) is 37.2 Å². The summed E-state index contributed by atoms with van der Waals surface area (Å²) in [5.74, 6) is 5.71. The lowest BCUT2D eigenvalue weighted by Crippen LogP contribution is -2.28. The Morgan fingerprint density at radius 3 is 2.74 bits per heavy atom. The van der Waals surface area contributed by atoms with Crippen LogP contribution in [-0.4, -0.2) is 23.9 Å². The van der Waals surface area contributed by atoms with Gasteiger partial charge in [-0.25, -0.2) is 5.43 Å². The summed E-state index contributed by atoms with van der Waals surface area (Å²) in [5, 5.41) is 4.30. The summed E-state index contributed by atoms with van der Waals surface area (Å²) in [4.78, 5) is 2.08. The van der Waals surface area contributed by atoms with Crippen LogP contribution in [0.15, 0.2) is 36.7 Å². The first-order valence-corrected chi connectivity index (χ1v) is 6.41. The van der Waals surface area contributed by atoms with Gasteiger partial charge in [0.25, 0.3) is 0 Å². The van der Waals surface area contributed by atoms with E-state index < -0.39 is 0 Å². The van der Waals surface area contributed by atoms with Gasteiger partial charge in [-0.1, -0.05) is 12.1 Å². The Balaban J connectivity index is 2.33. The fourth-order valence-corrected chi connectivity index (χ4v) is 2.07. The minimum absolute atomic E-state index is 0.0415. The van der Waals surface area contributed by atoms with E-state index in [0.717, 1.165) is 23.4 Å². The molecular weight excluding hydrogens is 238 g/mol. The lowest BCUT2D eigenvalue weighted by atomic mass is 10.0. The number of rotatable bonds is 5. The molecule has 19 heavy (non-hydrogen) atoms. The van der Waals surface area contributed by atoms with E-state index >= 15 is 0 Å². The molecule has 3 N–H and O–H groups in total. The van der Waals surface area contributed by atoms with Crippen molar-refractivity contribution in [1.82, 2.24) is 15.2 Å². The molecule has 1 atom stereocenters. The summed E-state index contributed by atoms with van der Waals surface area (Å²) < 4.78 is 1.90. The summed E-state index contributed by atoms with van der Waals surface area (Å²) in [6.07, 6.45) is 3.88. The second kappa shape index (κ2) is 5.86. The fourth-order valence-electron chi connectivity index (χ4n) is 2.07. The number of hydrogen-bond donors (Lipinski definition) is 2. The van der Waals surface area contributed by atoms with Gasteiger partial charge in [0.2, 0.25) is 0 Å². The summed E-state index contributed by atoms with van der Waals surface area (Å²) in [7, 11) is 4.05. The van der Waals surface area contributed by atoms with Crippen LogP contribution in [0.25, 0.3) is 0 Å². The minimum Gasteiger partial charge on any atom is -0.378 e. The van der Waals surface area contributed by atoms with Crippen LogP contribution in [0.3, 0.4) is 0 Å². The molecule has 0 bridgehead atoms. The van der Waals surface area contributed by atoms with Crippen molar-refractivity contribution in [3.05, 3.63) is 47.8 Å². The van der Waals surface area contributed by atoms with Crippen molar-refractivity contribution in [1.29, 1.82) is 0 Å². The molecule has 1 unspecified atom stereocenters. The van der Waals surface area contributed by atoms with Crippen molar-refractivity contribution in [3.8, 4) is 0 Å². The zero-order valence-corrected chi connectivity index (χ0v) is 11.7. The molecule has 1 heterocycles. The molecule has 1 aromatic heterocycles. The quantitative estimate of drug-likeness (QED) is 0.631. The number of aromatic nitrogens is 2. The Morgan fingerprint density at radius 1 is 1.37 bits per heavy atom. The number of nitrogens with one attached hydrogen (secondary N) is 1. The molecule has 1 aromatic carbocycles. The molecule has 0 saturated heterocycles. The van der Waals surface area contributed by atoms with E-state index in [0.29, 0.717) is 0 Å². The van der Waals surface area contributed by atoms with Crippen LogP contribution in [0.1, 0.15) is 24.1 Å². The molecule has 0 fully saturated rings.